The molecule has 0 aromatic heterocycles. The molecule has 2 atom stereocenters. The number of hydroxylamine groups is 4. The highest BCUT2D eigenvalue weighted by Gasteiger charge is 2.72. The summed E-state index contributed by atoms with van der Waals surface area (Å²) in [6.07, 6.45) is 0. The highest BCUT2D eigenvalue weighted by atomic mass is 16.6. The van der Waals surface area contributed by atoms with E-state index in [1.807, 2.05) is 44.2 Å². The maximum Gasteiger partial charge on any atom is 0.177 e. The van der Waals surface area contributed by atoms with Crippen molar-refractivity contribution in [2.45, 2.75) is 44.6 Å². The van der Waals surface area contributed by atoms with Crippen molar-refractivity contribution in [3.8, 4) is 0 Å². The number of fused-ring (bicyclic) bond motifs is 2. The zero-order valence-electron chi connectivity index (χ0n) is 12.1. The predicted octanol–water partition coefficient (Wildman–Crippen LogP) is 1.71. The van der Waals surface area contributed by atoms with Crippen molar-refractivity contribution >= 4 is 5.71 Å². The summed E-state index contributed by atoms with van der Waals surface area (Å²) < 4.78 is 0. The summed E-state index contributed by atoms with van der Waals surface area (Å²) in [7, 11) is 0. The normalized spacial score (nSPS) is 36.6. The Morgan fingerprint density at radius 2 is 1.65 bits per heavy atom. The minimum Gasteiger partial charge on any atom is -0.311 e. The van der Waals surface area contributed by atoms with E-state index in [-0.39, 0.29) is 0 Å². The molecule has 6 heteroatoms. The average Bonchev–Trinajstić information content (AvgIpc) is 2.51. The summed E-state index contributed by atoms with van der Waals surface area (Å²) in [4.78, 5) is 0. The minimum absolute atomic E-state index is 0.597. The number of nitrogens with zero attached hydrogens (tertiary/aromatic N) is 3. The summed E-state index contributed by atoms with van der Waals surface area (Å²) >= 11 is 0. The van der Waals surface area contributed by atoms with E-state index in [0.29, 0.717) is 5.71 Å². The lowest BCUT2D eigenvalue weighted by Gasteiger charge is -2.45. The summed E-state index contributed by atoms with van der Waals surface area (Å²) in [5.41, 5.74) is 1.61. The van der Waals surface area contributed by atoms with Crippen LogP contribution in [-0.4, -0.2) is 37.5 Å². The van der Waals surface area contributed by atoms with Crippen molar-refractivity contribution in [1.82, 2.24) is 15.6 Å². The number of rotatable bonds is 1. The largest absolute Gasteiger partial charge is 0.311 e. The molecule has 2 aliphatic heterocycles. The maximum absolute atomic E-state index is 10.8. The first-order valence-corrected chi connectivity index (χ1v) is 6.65. The Balaban J connectivity index is 2.30. The molecular formula is C14H20N4O2. The molecular weight excluding hydrogens is 256 g/mol. The Kier molecular flexibility index (Phi) is 2.56. The van der Waals surface area contributed by atoms with Gasteiger partial charge in [0.25, 0.3) is 0 Å². The van der Waals surface area contributed by atoms with Crippen LogP contribution in [0.2, 0.25) is 0 Å². The predicted molar refractivity (Wildman–Crippen MR) is 74.1 cm³/mol. The summed E-state index contributed by atoms with van der Waals surface area (Å²) in [6.45, 7) is 7.26. The molecule has 2 heterocycles. The molecule has 0 unspecified atom stereocenters. The Bertz CT molecular complexity index is 574. The first-order valence-electron chi connectivity index (χ1n) is 6.65. The van der Waals surface area contributed by atoms with Gasteiger partial charge >= 0.3 is 0 Å². The van der Waals surface area contributed by atoms with Crippen molar-refractivity contribution < 1.29 is 10.4 Å². The van der Waals surface area contributed by atoms with Crippen LogP contribution in [0, 0.1) is 0 Å². The molecule has 0 saturated carbocycles. The van der Waals surface area contributed by atoms with Gasteiger partial charge in [-0.2, -0.15) is 10.2 Å². The quantitative estimate of drug-likeness (QED) is 0.728. The second-order valence-corrected chi connectivity index (χ2v) is 6.09. The fourth-order valence-electron chi connectivity index (χ4n) is 3.35. The third kappa shape index (κ3) is 1.20. The Labute approximate surface area is 118 Å². The van der Waals surface area contributed by atoms with Crippen molar-refractivity contribution in [3.05, 3.63) is 35.9 Å². The molecule has 1 fully saturated rings. The van der Waals surface area contributed by atoms with E-state index in [2.05, 4.69) is 10.5 Å². The standard InChI is InChI=1S/C14H20N4O2/c1-10-13(4)17(19)12(2,3)14(16-15-10,18(13)20)11-8-6-5-7-9-11/h5-9,16,19-20H,1-4H3/t13-,14+/m1/s1. The van der Waals surface area contributed by atoms with Gasteiger partial charge in [-0.25, -0.2) is 0 Å². The Morgan fingerprint density at radius 3 is 2.25 bits per heavy atom. The van der Waals surface area contributed by atoms with Gasteiger partial charge in [0.15, 0.2) is 11.3 Å². The molecule has 3 rings (SSSR count). The van der Waals surface area contributed by atoms with Crippen molar-refractivity contribution in [1.29, 1.82) is 0 Å². The first-order chi connectivity index (χ1) is 9.29. The number of hydrogen-bond acceptors (Lipinski definition) is 6. The third-order valence-corrected chi connectivity index (χ3v) is 4.82. The van der Waals surface area contributed by atoms with Gasteiger partial charge in [-0.3, -0.25) is 5.43 Å². The molecule has 0 radical (unpaired) electrons. The summed E-state index contributed by atoms with van der Waals surface area (Å²) in [5, 5.41) is 28.2. The van der Waals surface area contributed by atoms with Crippen molar-refractivity contribution in [2.75, 3.05) is 0 Å². The first kappa shape index (κ1) is 13.5. The van der Waals surface area contributed by atoms with Crippen LogP contribution in [0.25, 0.3) is 0 Å². The zero-order chi connectivity index (χ0) is 14.8. The van der Waals surface area contributed by atoms with Crippen LogP contribution in [0.4, 0.5) is 0 Å². The maximum atomic E-state index is 10.8. The molecule has 2 bridgehead atoms. The van der Waals surface area contributed by atoms with E-state index in [4.69, 9.17) is 0 Å². The fourth-order valence-corrected chi connectivity index (χ4v) is 3.35. The zero-order valence-corrected chi connectivity index (χ0v) is 12.1. The monoisotopic (exact) mass is 276 g/mol. The number of hydrogen-bond donors (Lipinski definition) is 3. The third-order valence-electron chi connectivity index (χ3n) is 4.82. The van der Waals surface area contributed by atoms with Gasteiger partial charge in [0, 0.05) is 0 Å². The highest BCUT2D eigenvalue weighted by molar-refractivity contribution is 5.91. The SMILES string of the molecule is CC1=NN[C@@]2(c3ccccc3)N(O)[C@@]1(C)N(O)C2(C)C. The van der Waals surface area contributed by atoms with E-state index in [1.165, 1.54) is 5.06 Å². The molecule has 0 spiro atoms. The van der Waals surface area contributed by atoms with Gasteiger partial charge in [-0.1, -0.05) is 30.3 Å². The summed E-state index contributed by atoms with van der Waals surface area (Å²) in [5.74, 6) is 0. The van der Waals surface area contributed by atoms with Gasteiger partial charge in [0.05, 0.1) is 11.3 Å². The lowest BCUT2D eigenvalue weighted by atomic mass is 9.83. The van der Waals surface area contributed by atoms with Gasteiger partial charge in [0.2, 0.25) is 0 Å². The lowest BCUT2D eigenvalue weighted by molar-refractivity contribution is -0.252. The van der Waals surface area contributed by atoms with Crippen LogP contribution in [0.15, 0.2) is 35.4 Å². The second-order valence-electron chi connectivity index (χ2n) is 6.09. The Morgan fingerprint density at radius 1 is 1.05 bits per heavy atom. The molecule has 3 N–H and O–H groups in total. The van der Waals surface area contributed by atoms with Crippen molar-refractivity contribution in [3.63, 3.8) is 0 Å². The van der Waals surface area contributed by atoms with Gasteiger partial charge < -0.3 is 10.4 Å². The molecule has 0 amide bonds. The Hall–Kier alpha value is -1.47. The number of nitrogens with one attached hydrogen (secondary N) is 1. The number of benzene rings is 1. The molecule has 20 heavy (non-hydrogen) atoms. The minimum atomic E-state index is -1.06. The van der Waals surface area contributed by atoms with Crippen LogP contribution >= 0.6 is 0 Å². The molecule has 6 nitrogen and oxygen atoms in total. The van der Waals surface area contributed by atoms with Crippen LogP contribution in [0.3, 0.4) is 0 Å². The van der Waals surface area contributed by atoms with Crippen LogP contribution in [0.5, 0.6) is 0 Å². The average molecular weight is 276 g/mol. The lowest BCUT2D eigenvalue weighted by Crippen LogP contribution is -2.65. The topological polar surface area (TPSA) is 71.3 Å². The van der Waals surface area contributed by atoms with Gasteiger partial charge in [-0.15, -0.1) is 5.06 Å². The van der Waals surface area contributed by atoms with Crippen LogP contribution in [-0.2, 0) is 5.66 Å². The van der Waals surface area contributed by atoms with E-state index in [1.54, 1.807) is 13.8 Å². The van der Waals surface area contributed by atoms with E-state index in [9.17, 15) is 10.4 Å². The molecule has 1 saturated heterocycles. The molecule has 2 aliphatic rings. The second kappa shape index (κ2) is 3.79. The molecule has 0 aliphatic carbocycles. The van der Waals surface area contributed by atoms with Gasteiger partial charge in [0.1, 0.15) is 0 Å². The van der Waals surface area contributed by atoms with E-state index >= 15 is 0 Å². The van der Waals surface area contributed by atoms with E-state index < -0.39 is 16.9 Å². The van der Waals surface area contributed by atoms with Crippen molar-refractivity contribution in [2.24, 2.45) is 5.10 Å². The molecule has 1 aromatic carbocycles. The van der Waals surface area contributed by atoms with Gasteiger partial charge in [-0.05, 0) is 33.3 Å². The van der Waals surface area contributed by atoms with Crippen LogP contribution < -0.4 is 5.43 Å². The molecule has 1 aromatic rings. The smallest absolute Gasteiger partial charge is 0.177 e. The number of hydrazone groups is 1. The summed E-state index contributed by atoms with van der Waals surface area (Å²) in [6, 6.07) is 9.54. The van der Waals surface area contributed by atoms with E-state index in [0.717, 1.165) is 10.6 Å². The fraction of sp³-hybridized carbons (Fsp3) is 0.500. The van der Waals surface area contributed by atoms with Crippen LogP contribution in [0.1, 0.15) is 33.3 Å². The highest BCUT2D eigenvalue weighted by Crippen LogP contribution is 2.53. The molecule has 108 valence electrons.